The number of hydrogen-bond acceptors (Lipinski definition) is 4. The maximum atomic E-state index is 12.3. The van der Waals surface area contributed by atoms with E-state index in [1.165, 1.54) is 5.56 Å². The minimum atomic E-state index is -0.264. The molecule has 152 valence electrons. The summed E-state index contributed by atoms with van der Waals surface area (Å²) in [5.74, 6) is 0.893. The summed E-state index contributed by atoms with van der Waals surface area (Å²) in [5.41, 5.74) is 6.11. The number of anilines is 1. The van der Waals surface area contributed by atoms with Gasteiger partial charge in [0, 0.05) is 16.3 Å². The number of amides is 1. The molecule has 3 aromatic carbocycles. The first-order valence-corrected chi connectivity index (χ1v) is 9.94. The van der Waals surface area contributed by atoms with Crippen LogP contribution < -0.4 is 10.1 Å². The van der Waals surface area contributed by atoms with Gasteiger partial charge in [-0.15, -0.1) is 0 Å². The van der Waals surface area contributed by atoms with Crippen molar-refractivity contribution in [1.82, 2.24) is 4.98 Å². The first kappa shape index (κ1) is 20.0. The molecule has 1 aromatic heterocycles. The van der Waals surface area contributed by atoms with E-state index >= 15 is 0 Å². The fourth-order valence-corrected chi connectivity index (χ4v) is 3.34. The molecule has 0 unspecified atom stereocenters. The minimum absolute atomic E-state index is 0.105. The molecule has 0 aliphatic carbocycles. The van der Waals surface area contributed by atoms with Gasteiger partial charge in [-0.2, -0.15) is 0 Å². The Morgan fingerprint density at radius 2 is 1.87 bits per heavy atom. The van der Waals surface area contributed by atoms with Crippen molar-refractivity contribution in [3.05, 3.63) is 76.3 Å². The predicted octanol–water partition coefficient (Wildman–Crippen LogP) is 6.09. The molecule has 0 spiro atoms. The topological polar surface area (TPSA) is 64.4 Å². The Hall–Kier alpha value is -3.31. The van der Waals surface area contributed by atoms with Crippen LogP contribution in [0.4, 0.5) is 5.69 Å². The second-order valence-electron chi connectivity index (χ2n) is 7.27. The number of benzene rings is 3. The molecule has 6 heteroatoms. The second-order valence-corrected chi connectivity index (χ2v) is 7.67. The van der Waals surface area contributed by atoms with Crippen LogP contribution in [-0.4, -0.2) is 17.5 Å². The number of nitrogens with one attached hydrogen (secondary N) is 1. The van der Waals surface area contributed by atoms with Crippen LogP contribution in [0.5, 0.6) is 5.75 Å². The molecule has 0 saturated heterocycles. The Morgan fingerprint density at radius 3 is 2.63 bits per heavy atom. The van der Waals surface area contributed by atoms with Crippen LogP contribution in [0.2, 0.25) is 5.02 Å². The van der Waals surface area contributed by atoms with Crippen molar-refractivity contribution in [3.63, 3.8) is 0 Å². The highest BCUT2D eigenvalue weighted by Crippen LogP contribution is 2.29. The second kappa shape index (κ2) is 8.20. The van der Waals surface area contributed by atoms with Crippen LogP contribution in [0.3, 0.4) is 0 Å². The molecule has 0 fully saturated rings. The molecule has 0 aliphatic rings. The highest BCUT2D eigenvalue weighted by Gasteiger charge is 2.12. The number of fused-ring (bicyclic) bond motifs is 1. The van der Waals surface area contributed by atoms with Gasteiger partial charge in [0.15, 0.2) is 12.2 Å². The van der Waals surface area contributed by atoms with E-state index in [0.29, 0.717) is 33.4 Å². The SMILES string of the molecule is Cc1ccc(-c2nc3cc(NC(=O)COc4ccc(Cl)c(C)c4)ccc3o2)c(C)c1. The molecule has 0 radical (unpaired) electrons. The van der Waals surface area contributed by atoms with Gasteiger partial charge < -0.3 is 14.5 Å². The Labute approximate surface area is 179 Å². The smallest absolute Gasteiger partial charge is 0.262 e. The lowest BCUT2D eigenvalue weighted by Crippen LogP contribution is -2.20. The summed E-state index contributed by atoms with van der Waals surface area (Å²) >= 11 is 6.01. The van der Waals surface area contributed by atoms with Crippen molar-refractivity contribution in [2.75, 3.05) is 11.9 Å². The molecule has 1 heterocycles. The van der Waals surface area contributed by atoms with E-state index in [1.54, 1.807) is 36.4 Å². The van der Waals surface area contributed by atoms with Crippen LogP contribution in [0.25, 0.3) is 22.6 Å². The van der Waals surface area contributed by atoms with Crippen LogP contribution >= 0.6 is 11.6 Å². The largest absolute Gasteiger partial charge is 0.484 e. The Bertz CT molecular complexity index is 1250. The van der Waals surface area contributed by atoms with Crippen molar-refractivity contribution in [1.29, 1.82) is 0 Å². The molecular weight excluding hydrogens is 400 g/mol. The van der Waals surface area contributed by atoms with Gasteiger partial charge in [-0.3, -0.25) is 4.79 Å². The van der Waals surface area contributed by atoms with Crippen molar-refractivity contribution in [2.45, 2.75) is 20.8 Å². The van der Waals surface area contributed by atoms with Crippen LogP contribution in [0.1, 0.15) is 16.7 Å². The number of aryl methyl sites for hydroxylation is 3. The quantitative estimate of drug-likeness (QED) is 0.424. The van der Waals surface area contributed by atoms with Gasteiger partial charge in [0.1, 0.15) is 11.3 Å². The van der Waals surface area contributed by atoms with Crippen molar-refractivity contribution < 1.29 is 13.9 Å². The molecular formula is C24H21ClN2O3. The number of nitrogens with zero attached hydrogens (tertiary/aromatic N) is 1. The van der Waals surface area contributed by atoms with Gasteiger partial charge in [0.05, 0.1) is 0 Å². The third-order valence-electron chi connectivity index (χ3n) is 4.78. The molecule has 5 nitrogen and oxygen atoms in total. The van der Waals surface area contributed by atoms with Crippen molar-refractivity contribution in [3.8, 4) is 17.2 Å². The van der Waals surface area contributed by atoms with Crippen LogP contribution in [-0.2, 0) is 4.79 Å². The fraction of sp³-hybridized carbons (Fsp3) is 0.167. The average Bonchev–Trinajstić information content (AvgIpc) is 3.12. The summed E-state index contributed by atoms with van der Waals surface area (Å²) in [5, 5.41) is 3.49. The first-order chi connectivity index (χ1) is 14.4. The van der Waals surface area contributed by atoms with Crippen molar-refractivity contribution in [2.24, 2.45) is 0 Å². The molecule has 0 atom stereocenters. The number of oxazole rings is 1. The minimum Gasteiger partial charge on any atom is -0.484 e. The molecule has 4 rings (SSSR count). The molecule has 0 saturated carbocycles. The fourth-order valence-electron chi connectivity index (χ4n) is 3.23. The standard InChI is InChI=1S/C24H21ClN2O3/c1-14-4-7-19(15(2)10-14)24-27-21-12-17(5-9-22(21)30-24)26-23(28)13-29-18-6-8-20(25)16(3)11-18/h4-12H,13H2,1-3H3,(H,26,28). The van der Waals surface area contributed by atoms with Gasteiger partial charge in [-0.1, -0.05) is 29.3 Å². The highest BCUT2D eigenvalue weighted by atomic mass is 35.5. The summed E-state index contributed by atoms with van der Waals surface area (Å²) in [6.45, 7) is 5.86. The maximum Gasteiger partial charge on any atom is 0.262 e. The monoisotopic (exact) mass is 420 g/mol. The summed E-state index contributed by atoms with van der Waals surface area (Å²) in [6.07, 6.45) is 0. The van der Waals surface area contributed by atoms with E-state index < -0.39 is 0 Å². The Morgan fingerprint density at radius 1 is 1.03 bits per heavy atom. The lowest BCUT2D eigenvalue weighted by atomic mass is 10.1. The summed E-state index contributed by atoms with van der Waals surface area (Å²) in [6, 6.07) is 16.8. The van der Waals surface area contributed by atoms with Gasteiger partial charge in [-0.25, -0.2) is 4.98 Å². The number of carbonyl (C=O) groups is 1. The predicted molar refractivity (Wildman–Crippen MR) is 119 cm³/mol. The third-order valence-corrected chi connectivity index (χ3v) is 5.21. The lowest BCUT2D eigenvalue weighted by molar-refractivity contribution is -0.118. The van der Waals surface area contributed by atoms with E-state index in [1.807, 2.05) is 26.0 Å². The number of halogens is 1. The lowest BCUT2D eigenvalue weighted by Gasteiger charge is -2.08. The summed E-state index contributed by atoms with van der Waals surface area (Å²) in [4.78, 5) is 16.9. The van der Waals surface area contributed by atoms with E-state index in [2.05, 4.69) is 23.3 Å². The normalized spacial score (nSPS) is 10.9. The Kier molecular flexibility index (Phi) is 5.46. The van der Waals surface area contributed by atoms with E-state index in [9.17, 15) is 4.79 Å². The zero-order valence-corrected chi connectivity index (χ0v) is 17.7. The average molecular weight is 421 g/mol. The van der Waals surface area contributed by atoms with E-state index in [-0.39, 0.29) is 12.5 Å². The van der Waals surface area contributed by atoms with E-state index in [0.717, 1.165) is 16.7 Å². The molecule has 4 aromatic rings. The molecule has 0 aliphatic heterocycles. The number of ether oxygens (including phenoxy) is 1. The summed E-state index contributed by atoms with van der Waals surface area (Å²) < 4.78 is 11.4. The number of carbonyl (C=O) groups excluding carboxylic acids is 1. The van der Waals surface area contributed by atoms with Gasteiger partial charge in [0.25, 0.3) is 5.91 Å². The van der Waals surface area contributed by atoms with Gasteiger partial charge in [-0.05, 0) is 74.4 Å². The van der Waals surface area contributed by atoms with Crippen LogP contribution in [0.15, 0.2) is 59.0 Å². The third kappa shape index (κ3) is 4.31. The van der Waals surface area contributed by atoms with Gasteiger partial charge in [0.2, 0.25) is 5.89 Å². The molecule has 1 amide bonds. The zero-order chi connectivity index (χ0) is 21.3. The molecule has 0 bridgehead atoms. The summed E-state index contributed by atoms with van der Waals surface area (Å²) in [7, 11) is 0. The van der Waals surface area contributed by atoms with Crippen molar-refractivity contribution >= 4 is 34.3 Å². The van der Waals surface area contributed by atoms with Gasteiger partial charge >= 0.3 is 0 Å². The zero-order valence-electron chi connectivity index (χ0n) is 17.0. The molecule has 1 N–H and O–H groups in total. The Balaban J connectivity index is 1.46. The number of hydrogen-bond donors (Lipinski definition) is 1. The van der Waals surface area contributed by atoms with Crippen LogP contribution in [0, 0.1) is 20.8 Å². The number of rotatable bonds is 5. The maximum absolute atomic E-state index is 12.3. The highest BCUT2D eigenvalue weighted by molar-refractivity contribution is 6.31. The van der Waals surface area contributed by atoms with E-state index in [4.69, 9.17) is 20.8 Å². The molecule has 30 heavy (non-hydrogen) atoms. The first-order valence-electron chi connectivity index (χ1n) is 9.56. The number of aromatic nitrogens is 1.